The van der Waals surface area contributed by atoms with Crippen molar-refractivity contribution in [2.45, 2.75) is 73.6 Å². The monoisotopic (exact) mass is 1940 g/mol. The molecule has 15 heterocycles. The lowest BCUT2D eigenvalue weighted by Gasteiger charge is -2.26. The number of nitrogens with zero attached hydrogens (tertiary/aromatic N) is 9. The number of amides is 1. The van der Waals surface area contributed by atoms with Crippen LogP contribution < -0.4 is 19.9 Å². The zero-order chi connectivity index (χ0) is 93.0. The Hall–Kier alpha value is -10.7. The van der Waals surface area contributed by atoms with Crippen molar-refractivity contribution in [2.75, 3.05) is 145 Å². The fraction of sp³-hybridized carbons (Fsp3) is 0.337. The number of aromatic nitrogens is 6. The van der Waals surface area contributed by atoms with Crippen molar-refractivity contribution in [3.63, 3.8) is 0 Å². The number of hydrogen-bond acceptors (Lipinski definition) is 25. The first-order valence-electron chi connectivity index (χ1n) is 43.4. The molecule has 4 fully saturated rings. The third kappa shape index (κ3) is 22.0. The highest BCUT2D eigenvalue weighted by atomic mass is 35.5. The van der Waals surface area contributed by atoms with Gasteiger partial charge in [0.1, 0.15) is 42.3 Å². The quantitative estimate of drug-likeness (QED) is 0.0352. The topological polar surface area (TPSA) is 284 Å². The van der Waals surface area contributed by atoms with E-state index >= 15 is 0 Å². The number of aryl methyl sites for hydroxylation is 5. The lowest BCUT2D eigenvalue weighted by atomic mass is 10.0. The number of rotatable bonds is 28. The van der Waals surface area contributed by atoms with E-state index in [9.17, 15) is 37.2 Å². The number of ketones is 5. The first-order chi connectivity index (χ1) is 63.8. The zero-order valence-corrected chi connectivity index (χ0v) is 81.3. The summed E-state index contributed by atoms with van der Waals surface area (Å²) >= 11 is 19.5. The smallest absolute Gasteiger partial charge is 0.410 e. The van der Waals surface area contributed by atoms with Crippen molar-refractivity contribution in [1.82, 2.24) is 41.9 Å². The molecule has 132 heavy (non-hydrogen) atoms. The Morgan fingerprint density at radius 2 is 0.848 bits per heavy atom. The largest absolute Gasteiger partial charge is 0.497 e. The number of cyclic esters (lactones) is 1. The maximum absolute atomic E-state index is 13.1. The minimum Gasteiger partial charge on any atom is -0.497 e. The van der Waals surface area contributed by atoms with Crippen LogP contribution in [0.5, 0.6) is 17.4 Å². The molecule has 4 saturated heterocycles. The molecule has 0 radical (unpaired) electrons. The average molecular weight is 1940 g/mol. The molecule has 0 aliphatic carbocycles. The second kappa shape index (κ2) is 43.6. The van der Waals surface area contributed by atoms with Gasteiger partial charge in [-0.1, -0.05) is 41.4 Å². The number of fused-ring (bicyclic) bond motifs is 5. The summed E-state index contributed by atoms with van der Waals surface area (Å²) in [6.45, 7) is 26.2. The third-order valence-electron chi connectivity index (χ3n) is 23.7. The molecule has 0 unspecified atom stereocenters. The highest BCUT2D eigenvalue weighted by Crippen LogP contribution is 2.39. The van der Waals surface area contributed by atoms with Crippen LogP contribution in [-0.4, -0.2) is 225 Å². The summed E-state index contributed by atoms with van der Waals surface area (Å²) < 4.78 is 78.5. The lowest BCUT2D eigenvalue weighted by molar-refractivity contribution is 0.0364. The van der Waals surface area contributed by atoms with Crippen molar-refractivity contribution in [2.24, 2.45) is 5.92 Å². The number of anilines is 1. The number of pyridine rings is 1. The highest BCUT2D eigenvalue weighted by Gasteiger charge is 2.31. The fourth-order valence-electron chi connectivity index (χ4n) is 16.5. The fourth-order valence-corrected chi connectivity index (χ4v) is 25.1. The van der Waals surface area contributed by atoms with Gasteiger partial charge in [-0.15, -0.1) is 56.7 Å². The van der Waals surface area contributed by atoms with Gasteiger partial charge >= 0.3 is 6.09 Å². The van der Waals surface area contributed by atoms with E-state index in [1.807, 2.05) is 55.5 Å². The summed E-state index contributed by atoms with van der Waals surface area (Å²) in [5.74, 6) is 1.73. The van der Waals surface area contributed by atoms with Crippen molar-refractivity contribution in [3.8, 4) is 17.4 Å². The van der Waals surface area contributed by atoms with Gasteiger partial charge in [-0.05, 0) is 199 Å². The number of benzene rings is 4. The molecule has 0 saturated carbocycles. The van der Waals surface area contributed by atoms with E-state index in [1.54, 1.807) is 153 Å². The van der Waals surface area contributed by atoms with Crippen LogP contribution in [-0.2, 0) is 59.9 Å². The number of ether oxygens (including phenoxy) is 8. The van der Waals surface area contributed by atoms with Gasteiger partial charge in [0.15, 0.2) is 0 Å². The molecule has 692 valence electrons. The average Bonchev–Trinajstić information content (AvgIpc) is 1.61. The second-order valence-electron chi connectivity index (χ2n) is 32.3. The molecule has 19 rings (SSSR count). The van der Waals surface area contributed by atoms with Crippen molar-refractivity contribution < 1.29 is 75.1 Å². The minimum absolute atomic E-state index is 0.00156. The molecular formula is C98H104Cl2N10O16S6. The lowest BCUT2D eigenvalue weighted by Crippen LogP contribution is -2.38. The number of morpholine rings is 2. The first kappa shape index (κ1) is 95.9. The molecule has 4 aromatic carbocycles. The van der Waals surface area contributed by atoms with Gasteiger partial charge in [-0.3, -0.25) is 33.8 Å². The van der Waals surface area contributed by atoms with E-state index in [4.69, 9.17) is 66.8 Å². The molecule has 34 heteroatoms. The van der Waals surface area contributed by atoms with Crippen LogP contribution in [0.3, 0.4) is 0 Å². The Morgan fingerprint density at radius 1 is 0.439 bits per heavy atom. The Bertz CT molecular complexity index is 6790. The van der Waals surface area contributed by atoms with Gasteiger partial charge in [-0.25, -0.2) is 22.2 Å². The predicted molar refractivity (Wildman–Crippen MR) is 526 cm³/mol. The Balaban J connectivity index is 0.000000126. The standard InChI is InChI=1S/C20H19Cl2NO4S2.C20H23N3O3S.C20H23N3O2S.C20H20N2O4S.C18H19NO3S/c1-12-9-14-10-17(19(24)15-3-2-4-16(21)18(15)22)28-20(14)23(12)29(25,26)11-13-5-7-27-8-6-13;1-14-12-15-13-17(18(24)16-4-3-5-21-19(16)25-2)27-20(15)23(14)7-6-22-8-10-26-11-9-22;1-14-12-15-13-18(19(24)16-4-2-3-5-17(16)21)26-20(15)23(14)7-6-22-8-10-25-11-9-22;1-13-11-15-12-17(18(23)14-3-5-16(25-2)6-4-14)27-19(15)22(13)8-7-21-9-10-26-20(21)24;1-12-10-14-11-16(23-18(14)19(12)8-9-21-2)17(20)13-4-6-15(22-3)7-5-13/h2-4,9-10,13H,5-8,11H2,1H3;3-5,12-13H,6-11H2,1-2H3;2-5,12-13H,6-11,21H2,1H3;3-6,11-12H,7-10H2,1-2H3;4-7,10-11H,8-9H2,1-3H3. The number of thiophene rings is 5. The maximum atomic E-state index is 13.1. The molecule has 4 aliphatic heterocycles. The van der Waals surface area contributed by atoms with Crippen molar-refractivity contribution >= 4 is 182 Å². The number of para-hydroxylation sites is 1. The van der Waals surface area contributed by atoms with Gasteiger partial charge in [0.05, 0.1) is 107 Å². The summed E-state index contributed by atoms with van der Waals surface area (Å²) in [4.78, 5) is 94.9. The van der Waals surface area contributed by atoms with Gasteiger partial charge in [0.2, 0.25) is 44.8 Å². The van der Waals surface area contributed by atoms with Gasteiger partial charge in [-0.2, -0.15) is 0 Å². The molecule has 0 bridgehead atoms. The minimum atomic E-state index is -3.55. The molecule has 4 aliphatic rings. The number of halogens is 2. The van der Waals surface area contributed by atoms with Gasteiger partial charge in [0.25, 0.3) is 0 Å². The summed E-state index contributed by atoms with van der Waals surface area (Å²) in [5, 5.41) is 5.64. The van der Waals surface area contributed by atoms with Crippen LogP contribution in [0.1, 0.15) is 117 Å². The van der Waals surface area contributed by atoms with Gasteiger partial charge in [0, 0.05) is 182 Å². The summed E-state index contributed by atoms with van der Waals surface area (Å²) in [6.07, 6.45) is 2.86. The number of nitrogen functional groups attached to an aromatic ring is 1. The van der Waals surface area contributed by atoms with E-state index in [0.29, 0.717) is 116 Å². The molecular weight excluding hydrogens is 1840 g/mol. The SMILES string of the molecule is COCCn1c(C)cc2cc(C(=O)c3ccc(OC)cc3)sc21.COc1ccc(C(=O)c2cc3cc(C)n(CCN4CCOC4=O)c3s2)cc1.COc1ncccc1C(=O)c1cc2cc(C)n(CCN3CCOCC3)c2s1.Cc1cc2cc(C(=O)c3cccc(Cl)c3Cl)sc2n1S(=O)(=O)CC1CCOCC1.Cc1cc2cc(C(=O)c3ccccc3N)sc2n1CCN1CCOCC1. The van der Waals surface area contributed by atoms with E-state index in [0.717, 1.165) is 183 Å². The van der Waals surface area contributed by atoms with E-state index in [1.165, 1.54) is 50.8 Å². The van der Waals surface area contributed by atoms with E-state index in [2.05, 4.69) is 78.1 Å². The predicted octanol–water partition coefficient (Wildman–Crippen LogP) is 18.9. The number of carbonyl (C=O) groups excluding carboxylic acids is 6. The first-order valence-corrected chi connectivity index (χ1v) is 49.8. The summed E-state index contributed by atoms with van der Waals surface area (Å²) in [7, 11) is 2.90. The molecule has 0 atom stereocenters. The maximum Gasteiger partial charge on any atom is 0.410 e. The molecule has 0 spiro atoms. The zero-order valence-electron chi connectivity index (χ0n) is 74.8. The molecule has 1 amide bonds. The third-order valence-corrected chi connectivity index (χ3v) is 32.3. The second-order valence-corrected chi connectivity index (χ2v) is 40.1. The normalized spacial score (nSPS) is 14.5. The number of hydrogen-bond donors (Lipinski definition) is 1. The molecule has 2 N–H and O–H groups in total. The summed E-state index contributed by atoms with van der Waals surface area (Å²) in [6, 6.07) is 50.0. The van der Waals surface area contributed by atoms with Crippen LogP contribution in [0.4, 0.5) is 10.5 Å². The molecule has 15 aromatic rings. The van der Waals surface area contributed by atoms with Crippen LogP contribution in [0.25, 0.3) is 51.1 Å². The summed E-state index contributed by atoms with van der Waals surface area (Å²) in [5.41, 5.74) is 14.6. The van der Waals surface area contributed by atoms with Crippen molar-refractivity contribution in [3.05, 3.63) is 261 Å². The van der Waals surface area contributed by atoms with Crippen LogP contribution in [0.2, 0.25) is 10.0 Å². The van der Waals surface area contributed by atoms with Crippen LogP contribution in [0.15, 0.2) is 170 Å². The van der Waals surface area contributed by atoms with E-state index in [-0.39, 0.29) is 51.7 Å². The van der Waals surface area contributed by atoms with Crippen molar-refractivity contribution in [1.29, 1.82) is 0 Å². The number of carbonyl (C=O) groups is 6. The Morgan fingerprint density at radius 3 is 1.30 bits per heavy atom. The molecule has 11 aromatic heterocycles. The van der Waals surface area contributed by atoms with Crippen LogP contribution in [0, 0.1) is 40.5 Å². The Labute approximate surface area is 795 Å². The number of methoxy groups -OCH3 is 4. The van der Waals surface area contributed by atoms with E-state index < -0.39 is 10.0 Å². The van der Waals surface area contributed by atoms with Crippen LogP contribution >= 0.6 is 79.9 Å². The highest BCUT2D eigenvalue weighted by molar-refractivity contribution is 7.90. The molecule has 26 nitrogen and oxygen atoms in total. The van der Waals surface area contributed by atoms with Gasteiger partial charge < -0.3 is 66.8 Å². The number of nitrogens with two attached hydrogens (primary N) is 1. The Kier molecular flexibility index (Phi) is 31.7.